The Hall–Kier alpha value is -1.40. The Kier molecular flexibility index (Phi) is 6.05. The summed E-state index contributed by atoms with van der Waals surface area (Å²) in [6.45, 7) is 8.75. The van der Waals surface area contributed by atoms with Gasteiger partial charge in [0.25, 0.3) is 0 Å². The summed E-state index contributed by atoms with van der Waals surface area (Å²) in [5.41, 5.74) is 1.11. The van der Waals surface area contributed by atoms with Gasteiger partial charge >= 0.3 is 0 Å². The Morgan fingerprint density at radius 1 is 1.30 bits per heavy atom. The van der Waals surface area contributed by atoms with Gasteiger partial charge in [0.15, 0.2) is 0 Å². The second-order valence-corrected chi connectivity index (χ2v) is 6.47. The van der Waals surface area contributed by atoms with Crippen LogP contribution in [0.1, 0.15) is 31.9 Å². The normalized spacial score (nSPS) is 22.7. The largest absolute Gasteiger partial charge is 0.380 e. The van der Waals surface area contributed by atoms with Crippen molar-refractivity contribution in [2.45, 2.75) is 32.6 Å². The lowest BCUT2D eigenvalue weighted by Gasteiger charge is -2.27. The summed E-state index contributed by atoms with van der Waals surface area (Å²) in [5.74, 6) is 2.32. The highest BCUT2D eigenvalue weighted by Gasteiger charge is 2.16. The number of hydrogen-bond acceptors (Lipinski definition) is 6. The number of aromatic nitrogens is 2. The van der Waals surface area contributed by atoms with Gasteiger partial charge in [-0.3, -0.25) is 0 Å². The van der Waals surface area contributed by atoms with Crippen LogP contribution in [0.5, 0.6) is 0 Å². The smallest absolute Gasteiger partial charge is 0.227 e. The third kappa shape index (κ3) is 4.78. The minimum Gasteiger partial charge on any atom is -0.380 e. The Bertz CT molecular complexity index is 482. The van der Waals surface area contributed by atoms with Gasteiger partial charge in [-0.2, -0.15) is 4.98 Å². The van der Waals surface area contributed by atoms with Gasteiger partial charge in [-0.25, -0.2) is 4.98 Å². The molecular formula is C17H29N5O. The number of nitrogens with one attached hydrogen (secondary N) is 2. The molecule has 2 fully saturated rings. The monoisotopic (exact) mass is 319 g/mol. The fourth-order valence-electron chi connectivity index (χ4n) is 3.13. The van der Waals surface area contributed by atoms with Crippen molar-refractivity contribution in [2.75, 3.05) is 56.2 Å². The van der Waals surface area contributed by atoms with E-state index in [1.165, 1.54) is 19.3 Å². The minimum absolute atomic E-state index is 0.482. The number of piperidine rings is 1. The number of nitrogens with zero attached hydrogens (tertiary/aromatic N) is 3. The zero-order chi connectivity index (χ0) is 15.9. The molecule has 0 radical (unpaired) electrons. The van der Waals surface area contributed by atoms with E-state index in [1.54, 1.807) is 0 Å². The van der Waals surface area contributed by atoms with Crippen LogP contribution in [0.25, 0.3) is 0 Å². The molecule has 6 nitrogen and oxygen atoms in total. The highest BCUT2D eigenvalue weighted by molar-refractivity contribution is 5.44. The lowest BCUT2D eigenvalue weighted by molar-refractivity contribution is 0.127. The van der Waals surface area contributed by atoms with Crippen LogP contribution in [0.2, 0.25) is 0 Å². The summed E-state index contributed by atoms with van der Waals surface area (Å²) in [6, 6.07) is 2.08. The Morgan fingerprint density at radius 3 is 3.00 bits per heavy atom. The van der Waals surface area contributed by atoms with Gasteiger partial charge in [0.05, 0.1) is 13.2 Å². The summed E-state index contributed by atoms with van der Waals surface area (Å²) in [4.78, 5) is 11.8. The zero-order valence-corrected chi connectivity index (χ0v) is 14.2. The molecule has 23 heavy (non-hydrogen) atoms. The quantitative estimate of drug-likeness (QED) is 0.861. The molecule has 0 spiro atoms. The molecule has 1 unspecified atom stereocenters. The van der Waals surface area contributed by atoms with Crippen molar-refractivity contribution in [1.29, 1.82) is 0 Å². The van der Waals surface area contributed by atoms with Gasteiger partial charge in [-0.15, -0.1) is 0 Å². The summed E-state index contributed by atoms with van der Waals surface area (Å²) in [5, 5.41) is 6.91. The number of aryl methyl sites for hydroxylation is 1. The molecule has 128 valence electrons. The van der Waals surface area contributed by atoms with Crippen LogP contribution in [0.15, 0.2) is 6.07 Å². The Labute approximate surface area is 139 Å². The van der Waals surface area contributed by atoms with Crippen molar-refractivity contribution in [2.24, 2.45) is 5.92 Å². The van der Waals surface area contributed by atoms with Crippen LogP contribution in [0.3, 0.4) is 0 Å². The molecule has 0 aromatic carbocycles. The van der Waals surface area contributed by atoms with Gasteiger partial charge in [0.1, 0.15) is 5.82 Å². The predicted octanol–water partition coefficient (Wildman–Crippen LogP) is 1.68. The third-order valence-electron chi connectivity index (χ3n) is 4.55. The van der Waals surface area contributed by atoms with Crippen LogP contribution in [-0.4, -0.2) is 55.9 Å². The number of hydrogen-bond donors (Lipinski definition) is 2. The standard InChI is InChI=1S/C17H29N5O/c1-2-15-10-16(19-12-14-11-18-6-9-23-13-14)21-17(20-15)22-7-4-3-5-8-22/h10,14,18H,2-9,11-13H2,1H3,(H,19,20,21). The van der Waals surface area contributed by atoms with E-state index in [4.69, 9.17) is 14.7 Å². The van der Waals surface area contributed by atoms with E-state index in [2.05, 4.69) is 28.5 Å². The zero-order valence-electron chi connectivity index (χ0n) is 14.2. The van der Waals surface area contributed by atoms with Crippen LogP contribution in [0.4, 0.5) is 11.8 Å². The second kappa shape index (κ2) is 8.45. The topological polar surface area (TPSA) is 62.3 Å². The van der Waals surface area contributed by atoms with Crippen molar-refractivity contribution in [3.63, 3.8) is 0 Å². The van der Waals surface area contributed by atoms with E-state index >= 15 is 0 Å². The highest BCUT2D eigenvalue weighted by atomic mass is 16.5. The maximum Gasteiger partial charge on any atom is 0.227 e. The van der Waals surface area contributed by atoms with E-state index in [0.717, 1.165) is 69.8 Å². The summed E-state index contributed by atoms with van der Waals surface area (Å²) >= 11 is 0. The minimum atomic E-state index is 0.482. The SMILES string of the molecule is CCc1cc(NCC2CNCCOC2)nc(N2CCCCC2)n1. The lowest BCUT2D eigenvalue weighted by atomic mass is 10.1. The average Bonchev–Trinajstić information content (AvgIpc) is 2.89. The molecule has 6 heteroatoms. The molecule has 2 saturated heterocycles. The highest BCUT2D eigenvalue weighted by Crippen LogP contribution is 2.19. The fraction of sp³-hybridized carbons (Fsp3) is 0.765. The third-order valence-corrected chi connectivity index (χ3v) is 4.55. The number of ether oxygens (including phenoxy) is 1. The molecule has 2 aliphatic rings. The average molecular weight is 319 g/mol. The molecular weight excluding hydrogens is 290 g/mol. The second-order valence-electron chi connectivity index (χ2n) is 6.47. The fourth-order valence-corrected chi connectivity index (χ4v) is 3.13. The Balaban J connectivity index is 1.65. The van der Waals surface area contributed by atoms with Crippen LogP contribution < -0.4 is 15.5 Å². The Morgan fingerprint density at radius 2 is 2.17 bits per heavy atom. The van der Waals surface area contributed by atoms with Crippen molar-refractivity contribution in [3.05, 3.63) is 11.8 Å². The molecule has 0 saturated carbocycles. The molecule has 0 amide bonds. The molecule has 0 bridgehead atoms. The molecule has 0 aliphatic carbocycles. The van der Waals surface area contributed by atoms with E-state index in [1.807, 2.05) is 0 Å². The van der Waals surface area contributed by atoms with Crippen molar-refractivity contribution >= 4 is 11.8 Å². The summed E-state index contributed by atoms with van der Waals surface area (Å²) < 4.78 is 5.62. The van der Waals surface area contributed by atoms with E-state index in [-0.39, 0.29) is 0 Å². The van der Waals surface area contributed by atoms with E-state index in [9.17, 15) is 0 Å². The predicted molar refractivity (Wildman–Crippen MR) is 93.1 cm³/mol. The van der Waals surface area contributed by atoms with Crippen LogP contribution in [-0.2, 0) is 11.2 Å². The molecule has 3 heterocycles. The molecule has 2 aliphatic heterocycles. The summed E-state index contributed by atoms with van der Waals surface area (Å²) in [7, 11) is 0. The first kappa shape index (κ1) is 16.5. The number of rotatable bonds is 5. The van der Waals surface area contributed by atoms with Gasteiger partial charge < -0.3 is 20.3 Å². The first-order valence-electron chi connectivity index (χ1n) is 9.00. The van der Waals surface area contributed by atoms with Crippen LogP contribution >= 0.6 is 0 Å². The maximum absolute atomic E-state index is 5.62. The maximum atomic E-state index is 5.62. The van der Waals surface area contributed by atoms with Crippen molar-refractivity contribution in [3.8, 4) is 0 Å². The van der Waals surface area contributed by atoms with Crippen LogP contribution in [0, 0.1) is 5.92 Å². The van der Waals surface area contributed by atoms with Crippen molar-refractivity contribution in [1.82, 2.24) is 15.3 Å². The van der Waals surface area contributed by atoms with Gasteiger partial charge in [-0.05, 0) is 25.7 Å². The first-order valence-corrected chi connectivity index (χ1v) is 9.00. The molecule has 3 rings (SSSR count). The van der Waals surface area contributed by atoms with Crippen molar-refractivity contribution < 1.29 is 4.74 Å². The molecule has 1 aromatic heterocycles. The van der Waals surface area contributed by atoms with Gasteiger partial charge in [0.2, 0.25) is 5.95 Å². The molecule has 2 N–H and O–H groups in total. The summed E-state index contributed by atoms with van der Waals surface area (Å²) in [6.07, 6.45) is 4.75. The number of anilines is 2. The molecule has 1 aromatic rings. The lowest BCUT2D eigenvalue weighted by Crippen LogP contribution is -2.32. The van der Waals surface area contributed by atoms with E-state index in [0.29, 0.717) is 5.92 Å². The van der Waals surface area contributed by atoms with Gasteiger partial charge in [0, 0.05) is 50.4 Å². The van der Waals surface area contributed by atoms with Gasteiger partial charge in [-0.1, -0.05) is 6.92 Å². The first-order chi connectivity index (χ1) is 11.3. The molecule has 1 atom stereocenters. The van der Waals surface area contributed by atoms with E-state index < -0.39 is 0 Å².